The molecule has 2 atom stereocenters. The summed E-state index contributed by atoms with van der Waals surface area (Å²) in [6.07, 6.45) is 1.13. The average molecular weight is 262 g/mol. The van der Waals surface area contributed by atoms with Gasteiger partial charge in [-0.2, -0.15) is 0 Å². The van der Waals surface area contributed by atoms with Crippen LogP contribution >= 0.6 is 0 Å². The number of hydrogen-bond acceptors (Lipinski definition) is 1. The van der Waals surface area contributed by atoms with E-state index in [1.807, 2.05) is 6.07 Å². The van der Waals surface area contributed by atoms with Gasteiger partial charge in [0.2, 0.25) is 0 Å². The fourth-order valence-corrected chi connectivity index (χ4v) is 3.80. The third-order valence-electron chi connectivity index (χ3n) is 4.78. The van der Waals surface area contributed by atoms with Crippen molar-refractivity contribution in [3.8, 4) is 0 Å². The lowest BCUT2D eigenvalue weighted by molar-refractivity contribution is 0.549. The maximum atomic E-state index is 5.96. The summed E-state index contributed by atoms with van der Waals surface area (Å²) < 4.78 is 5.96. The Kier molecular flexibility index (Phi) is 2.50. The van der Waals surface area contributed by atoms with Crippen LogP contribution in [0.25, 0.3) is 11.0 Å². The Hall–Kier alpha value is -2.02. The molecule has 0 radical (unpaired) electrons. The van der Waals surface area contributed by atoms with Crippen molar-refractivity contribution in [1.29, 1.82) is 0 Å². The average Bonchev–Trinajstić information content (AvgIpc) is 2.96. The van der Waals surface area contributed by atoms with Gasteiger partial charge in [-0.05, 0) is 42.4 Å². The van der Waals surface area contributed by atoms with E-state index in [-0.39, 0.29) is 0 Å². The highest BCUT2D eigenvalue weighted by Crippen LogP contribution is 2.47. The van der Waals surface area contributed by atoms with Crippen molar-refractivity contribution in [2.75, 3.05) is 0 Å². The van der Waals surface area contributed by atoms with Crippen LogP contribution in [0, 0.1) is 6.92 Å². The summed E-state index contributed by atoms with van der Waals surface area (Å²) >= 11 is 0. The number of rotatable bonds is 1. The Morgan fingerprint density at radius 1 is 1.00 bits per heavy atom. The molecule has 1 aliphatic carbocycles. The Morgan fingerprint density at radius 3 is 2.60 bits per heavy atom. The summed E-state index contributed by atoms with van der Waals surface area (Å²) in [6, 6.07) is 17.2. The van der Waals surface area contributed by atoms with Gasteiger partial charge in [-0.3, -0.25) is 0 Å². The van der Waals surface area contributed by atoms with Gasteiger partial charge < -0.3 is 4.42 Å². The molecule has 1 heterocycles. The first-order valence-electron chi connectivity index (χ1n) is 7.31. The molecule has 3 aromatic rings. The largest absolute Gasteiger partial charge is 0.461 e. The van der Waals surface area contributed by atoms with Gasteiger partial charge in [-0.15, -0.1) is 0 Å². The van der Waals surface area contributed by atoms with Crippen LogP contribution in [-0.4, -0.2) is 0 Å². The van der Waals surface area contributed by atoms with E-state index in [1.54, 1.807) is 0 Å². The molecule has 0 bridgehead atoms. The SMILES string of the molecule is Cc1oc2ccccc2c1C1Cc2ccccc2C1C. The van der Waals surface area contributed by atoms with Gasteiger partial charge in [0.05, 0.1) is 0 Å². The van der Waals surface area contributed by atoms with Crippen LogP contribution in [0.1, 0.15) is 41.2 Å². The monoisotopic (exact) mass is 262 g/mol. The van der Waals surface area contributed by atoms with Crippen molar-refractivity contribution < 1.29 is 4.42 Å². The molecule has 20 heavy (non-hydrogen) atoms. The maximum absolute atomic E-state index is 5.96. The van der Waals surface area contributed by atoms with Crippen molar-refractivity contribution in [1.82, 2.24) is 0 Å². The first-order valence-corrected chi connectivity index (χ1v) is 7.31. The molecule has 100 valence electrons. The van der Waals surface area contributed by atoms with Crippen molar-refractivity contribution in [3.05, 3.63) is 71.0 Å². The second kappa shape index (κ2) is 4.24. The summed E-state index contributed by atoms with van der Waals surface area (Å²) in [7, 11) is 0. The highest BCUT2D eigenvalue weighted by atomic mass is 16.3. The van der Waals surface area contributed by atoms with E-state index in [1.165, 1.54) is 22.1 Å². The number of hydrogen-bond donors (Lipinski definition) is 0. The molecule has 0 saturated heterocycles. The van der Waals surface area contributed by atoms with Gasteiger partial charge >= 0.3 is 0 Å². The molecule has 0 N–H and O–H groups in total. The highest BCUT2D eigenvalue weighted by molar-refractivity contribution is 5.83. The minimum Gasteiger partial charge on any atom is -0.461 e. The minimum absolute atomic E-state index is 0.538. The normalized spacial score (nSPS) is 21.3. The van der Waals surface area contributed by atoms with Crippen LogP contribution in [0.5, 0.6) is 0 Å². The molecular formula is C19H18O. The molecule has 1 heteroatoms. The number of fused-ring (bicyclic) bond motifs is 2. The standard InChI is InChI=1S/C19H18O/c1-12-15-8-4-3-7-14(15)11-17(12)19-13(2)20-18-10-6-5-9-16(18)19/h3-10,12,17H,11H2,1-2H3. The second-order valence-electron chi connectivity index (χ2n) is 5.87. The smallest absolute Gasteiger partial charge is 0.134 e. The lowest BCUT2D eigenvalue weighted by Crippen LogP contribution is -2.03. The summed E-state index contributed by atoms with van der Waals surface area (Å²) in [5, 5.41) is 1.29. The van der Waals surface area contributed by atoms with Crippen molar-refractivity contribution in [2.45, 2.75) is 32.1 Å². The molecule has 0 fully saturated rings. The molecular weight excluding hydrogens is 244 g/mol. The number of para-hydroxylation sites is 1. The fourth-order valence-electron chi connectivity index (χ4n) is 3.80. The van der Waals surface area contributed by atoms with E-state index < -0.39 is 0 Å². The van der Waals surface area contributed by atoms with Crippen LogP contribution in [0.15, 0.2) is 52.9 Å². The number of benzene rings is 2. The molecule has 1 nitrogen and oxygen atoms in total. The van der Waals surface area contributed by atoms with Crippen LogP contribution in [-0.2, 0) is 6.42 Å². The fraction of sp³-hybridized carbons (Fsp3) is 0.263. The Labute approximate surface area is 119 Å². The molecule has 0 amide bonds. The van der Waals surface area contributed by atoms with Crippen molar-refractivity contribution in [3.63, 3.8) is 0 Å². The van der Waals surface area contributed by atoms with E-state index in [0.717, 1.165) is 17.8 Å². The minimum atomic E-state index is 0.538. The Bertz CT molecular complexity index is 781. The first kappa shape index (κ1) is 11.8. The van der Waals surface area contributed by atoms with Crippen LogP contribution in [0.3, 0.4) is 0 Å². The third-order valence-corrected chi connectivity index (χ3v) is 4.78. The van der Waals surface area contributed by atoms with Crippen LogP contribution in [0.4, 0.5) is 0 Å². The molecule has 0 saturated carbocycles. The molecule has 2 aromatic carbocycles. The maximum Gasteiger partial charge on any atom is 0.134 e. The summed E-state index contributed by atoms with van der Waals surface area (Å²) in [5.74, 6) is 2.18. The lowest BCUT2D eigenvalue weighted by Gasteiger charge is -2.16. The zero-order valence-electron chi connectivity index (χ0n) is 11.9. The van der Waals surface area contributed by atoms with E-state index >= 15 is 0 Å². The summed E-state index contributed by atoms with van der Waals surface area (Å²) in [5.41, 5.74) is 5.42. The van der Waals surface area contributed by atoms with E-state index in [4.69, 9.17) is 4.42 Å². The third kappa shape index (κ3) is 1.56. The van der Waals surface area contributed by atoms with Gasteiger partial charge in [0.1, 0.15) is 11.3 Å². The second-order valence-corrected chi connectivity index (χ2v) is 5.87. The zero-order valence-corrected chi connectivity index (χ0v) is 11.9. The molecule has 0 aliphatic heterocycles. The molecule has 4 rings (SSSR count). The van der Waals surface area contributed by atoms with Crippen molar-refractivity contribution >= 4 is 11.0 Å². The van der Waals surface area contributed by atoms with Gasteiger partial charge in [-0.25, -0.2) is 0 Å². The van der Waals surface area contributed by atoms with Gasteiger partial charge in [0, 0.05) is 10.9 Å². The molecule has 1 aliphatic rings. The van der Waals surface area contributed by atoms with Crippen LogP contribution < -0.4 is 0 Å². The van der Waals surface area contributed by atoms with Gasteiger partial charge in [0.15, 0.2) is 0 Å². The molecule has 1 aromatic heterocycles. The Morgan fingerprint density at radius 2 is 1.75 bits per heavy atom. The number of aryl methyl sites for hydroxylation is 1. The van der Waals surface area contributed by atoms with Gasteiger partial charge in [-0.1, -0.05) is 49.4 Å². The molecule has 2 unspecified atom stereocenters. The highest BCUT2D eigenvalue weighted by Gasteiger charge is 2.33. The van der Waals surface area contributed by atoms with E-state index in [9.17, 15) is 0 Å². The first-order chi connectivity index (χ1) is 9.75. The quantitative estimate of drug-likeness (QED) is 0.588. The zero-order chi connectivity index (χ0) is 13.7. The Balaban J connectivity index is 1.88. The van der Waals surface area contributed by atoms with E-state index in [0.29, 0.717) is 11.8 Å². The molecule has 0 spiro atoms. The van der Waals surface area contributed by atoms with E-state index in [2.05, 4.69) is 56.3 Å². The topological polar surface area (TPSA) is 13.1 Å². The number of furan rings is 1. The summed E-state index contributed by atoms with van der Waals surface area (Å²) in [6.45, 7) is 4.45. The van der Waals surface area contributed by atoms with Crippen LogP contribution in [0.2, 0.25) is 0 Å². The lowest BCUT2D eigenvalue weighted by atomic mass is 9.86. The predicted octanol–water partition coefficient (Wildman–Crippen LogP) is 5.18. The predicted molar refractivity (Wildman–Crippen MR) is 82.3 cm³/mol. The van der Waals surface area contributed by atoms with Gasteiger partial charge in [0.25, 0.3) is 0 Å². The summed E-state index contributed by atoms with van der Waals surface area (Å²) in [4.78, 5) is 0. The van der Waals surface area contributed by atoms with Crippen molar-refractivity contribution in [2.24, 2.45) is 0 Å².